The van der Waals surface area contributed by atoms with Crippen molar-refractivity contribution in [3.05, 3.63) is 41.8 Å². The second kappa shape index (κ2) is 3.70. The maximum absolute atomic E-state index is 13.2. The third-order valence-electron chi connectivity index (χ3n) is 2.48. The Bertz CT molecular complexity index is 581. The number of aromatic nitrogens is 1. The molecule has 0 radical (unpaired) electrons. The number of benzene rings is 1. The van der Waals surface area contributed by atoms with Gasteiger partial charge >= 0.3 is 0 Å². The fourth-order valence-corrected chi connectivity index (χ4v) is 1.58. The Balaban J connectivity index is 2.55. The topological polar surface area (TPSA) is 49.0 Å². The van der Waals surface area contributed by atoms with Crippen LogP contribution in [0.4, 0.5) is 4.39 Å². The summed E-state index contributed by atoms with van der Waals surface area (Å²) in [5, 5.41) is 17.9. The van der Waals surface area contributed by atoms with Gasteiger partial charge in [-0.2, -0.15) is 5.26 Å². The molecule has 0 aliphatic rings. The maximum Gasteiger partial charge on any atom is 0.165 e. The van der Waals surface area contributed by atoms with Crippen LogP contribution in [0.3, 0.4) is 0 Å². The van der Waals surface area contributed by atoms with E-state index in [1.54, 1.807) is 29.8 Å². The smallest absolute Gasteiger partial charge is 0.165 e. The average molecular weight is 216 g/mol. The Labute approximate surface area is 92.0 Å². The van der Waals surface area contributed by atoms with Crippen molar-refractivity contribution in [2.24, 2.45) is 7.05 Å². The highest BCUT2D eigenvalue weighted by Crippen LogP contribution is 2.25. The highest BCUT2D eigenvalue weighted by atomic mass is 19.1. The summed E-state index contributed by atoms with van der Waals surface area (Å²) in [6, 6.07) is 9.58. The summed E-state index contributed by atoms with van der Waals surface area (Å²) in [7, 11) is 1.73. The van der Waals surface area contributed by atoms with E-state index in [1.165, 1.54) is 12.1 Å². The lowest BCUT2D eigenvalue weighted by Crippen LogP contribution is -1.94. The fourth-order valence-electron chi connectivity index (χ4n) is 1.58. The van der Waals surface area contributed by atoms with Crippen LogP contribution in [-0.2, 0) is 7.05 Å². The summed E-state index contributed by atoms with van der Waals surface area (Å²) < 4.78 is 14.8. The fraction of sp³-hybridized carbons (Fsp3) is 0.0833. The summed E-state index contributed by atoms with van der Waals surface area (Å²) in [6.07, 6.45) is 0. The van der Waals surface area contributed by atoms with Crippen molar-refractivity contribution in [3.63, 3.8) is 0 Å². The Hall–Kier alpha value is -2.28. The van der Waals surface area contributed by atoms with Crippen molar-refractivity contribution < 1.29 is 9.50 Å². The summed E-state index contributed by atoms with van der Waals surface area (Å²) in [4.78, 5) is 0. The van der Waals surface area contributed by atoms with Gasteiger partial charge in [0, 0.05) is 18.3 Å². The molecular formula is C12H9FN2O. The van der Waals surface area contributed by atoms with Gasteiger partial charge in [-0.15, -0.1) is 0 Å². The van der Waals surface area contributed by atoms with Crippen molar-refractivity contribution in [1.82, 2.24) is 4.57 Å². The van der Waals surface area contributed by atoms with E-state index in [4.69, 9.17) is 10.4 Å². The minimum atomic E-state index is -0.669. The van der Waals surface area contributed by atoms with Crippen LogP contribution in [0.25, 0.3) is 11.3 Å². The van der Waals surface area contributed by atoms with Crippen LogP contribution < -0.4 is 0 Å². The first-order valence-corrected chi connectivity index (χ1v) is 4.68. The van der Waals surface area contributed by atoms with Gasteiger partial charge in [-0.3, -0.25) is 0 Å². The van der Waals surface area contributed by atoms with Crippen LogP contribution >= 0.6 is 0 Å². The minimum absolute atomic E-state index is 0.376. The highest BCUT2D eigenvalue weighted by Gasteiger charge is 2.08. The van der Waals surface area contributed by atoms with Crippen LogP contribution in [0.5, 0.6) is 5.75 Å². The molecule has 0 saturated carbocycles. The van der Waals surface area contributed by atoms with E-state index in [-0.39, 0.29) is 5.75 Å². The first-order chi connectivity index (χ1) is 7.63. The molecule has 0 spiro atoms. The number of nitrogens with zero attached hydrogens (tertiary/aromatic N) is 2. The minimum Gasteiger partial charge on any atom is -0.505 e. The number of phenolic OH excluding ortho intramolecular Hbond substituents is 1. The average Bonchev–Trinajstić information content (AvgIpc) is 2.64. The van der Waals surface area contributed by atoms with Gasteiger partial charge in [-0.1, -0.05) is 0 Å². The number of hydrogen-bond acceptors (Lipinski definition) is 2. The number of hydrogen-bond donors (Lipinski definition) is 1. The van der Waals surface area contributed by atoms with Crippen molar-refractivity contribution in [3.8, 4) is 23.1 Å². The number of phenols is 1. The van der Waals surface area contributed by atoms with E-state index in [2.05, 4.69) is 0 Å². The lowest BCUT2D eigenvalue weighted by Gasteiger charge is -2.05. The number of halogens is 1. The van der Waals surface area contributed by atoms with Crippen LogP contribution in [0.15, 0.2) is 30.3 Å². The molecule has 1 heterocycles. The number of nitriles is 1. The Morgan fingerprint density at radius 3 is 2.62 bits per heavy atom. The van der Waals surface area contributed by atoms with Gasteiger partial charge in [-0.25, -0.2) is 4.39 Å². The van der Waals surface area contributed by atoms with E-state index in [0.717, 1.165) is 5.69 Å². The first-order valence-electron chi connectivity index (χ1n) is 4.68. The molecule has 0 aliphatic carbocycles. The van der Waals surface area contributed by atoms with Crippen molar-refractivity contribution >= 4 is 0 Å². The molecule has 1 aromatic carbocycles. The lowest BCUT2D eigenvalue weighted by atomic mass is 10.1. The van der Waals surface area contributed by atoms with Crippen molar-refractivity contribution in [2.75, 3.05) is 0 Å². The summed E-state index contributed by atoms with van der Waals surface area (Å²) in [5.74, 6) is -1.05. The highest BCUT2D eigenvalue weighted by molar-refractivity contribution is 5.62. The molecule has 1 N–H and O–H groups in total. The normalized spacial score (nSPS) is 10.1. The Morgan fingerprint density at radius 2 is 2.06 bits per heavy atom. The molecule has 4 heteroatoms. The largest absolute Gasteiger partial charge is 0.505 e. The SMILES string of the molecule is Cn1c(C#N)ccc1-c1ccc(O)c(F)c1. The van der Waals surface area contributed by atoms with Crippen LogP contribution in [0.1, 0.15) is 5.69 Å². The molecule has 2 aromatic rings. The molecule has 16 heavy (non-hydrogen) atoms. The quantitative estimate of drug-likeness (QED) is 0.795. The zero-order valence-electron chi connectivity index (χ0n) is 8.61. The van der Waals surface area contributed by atoms with Gasteiger partial charge < -0.3 is 9.67 Å². The van der Waals surface area contributed by atoms with Gasteiger partial charge in [0.15, 0.2) is 11.6 Å². The molecule has 0 amide bonds. The van der Waals surface area contributed by atoms with Gasteiger partial charge in [0.1, 0.15) is 11.8 Å². The molecule has 0 saturated heterocycles. The van der Waals surface area contributed by atoms with Crippen LogP contribution in [0, 0.1) is 17.1 Å². The van der Waals surface area contributed by atoms with E-state index in [0.29, 0.717) is 11.3 Å². The van der Waals surface area contributed by atoms with Gasteiger partial charge in [0.05, 0.1) is 0 Å². The molecule has 3 nitrogen and oxygen atoms in total. The van der Waals surface area contributed by atoms with Crippen molar-refractivity contribution in [2.45, 2.75) is 0 Å². The molecule has 80 valence electrons. The second-order valence-electron chi connectivity index (χ2n) is 3.44. The molecule has 0 fully saturated rings. The van der Waals surface area contributed by atoms with Gasteiger partial charge in [-0.05, 0) is 30.3 Å². The van der Waals surface area contributed by atoms with E-state index in [1.807, 2.05) is 6.07 Å². The van der Waals surface area contributed by atoms with E-state index < -0.39 is 5.82 Å². The third kappa shape index (κ3) is 1.52. The molecule has 2 rings (SSSR count). The molecule has 0 unspecified atom stereocenters. The number of aromatic hydroxyl groups is 1. The van der Waals surface area contributed by atoms with Crippen LogP contribution in [0.2, 0.25) is 0 Å². The van der Waals surface area contributed by atoms with Gasteiger partial charge in [0.25, 0.3) is 0 Å². The summed E-state index contributed by atoms with van der Waals surface area (Å²) in [5.41, 5.74) is 1.86. The lowest BCUT2D eigenvalue weighted by molar-refractivity contribution is 0.432. The molecule has 0 aliphatic heterocycles. The Kier molecular flexibility index (Phi) is 2.37. The van der Waals surface area contributed by atoms with Gasteiger partial charge in [0.2, 0.25) is 0 Å². The molecular weight excluding hydrogens is 207 g/mol. The summed E-state index contributed by atoms with van der Waals surface area (Å²) in [6.45, 7) is 0. The predicted molar refractivity (Wildman–Crippen MR) is 57.2 cm³/mol. The van der Waals surface area contributed by atoms with Crippen molar-refractivity contribution in [1.29, 1.82) is 5.26 Å². The zero-order chi connectivity index (χ0) is 11.7. The third-order valence-corrected chi connectivity index (χ3v) is 2.48. The molecule has 0 bridgehead atoms. The maximum atomic E-state index is 13.2. The predicted octanol–water partition coefficient (Wildman–Crippen LogP) is 2.41. The summed E-state index contributed by atoms with van der Waals surface area (Å²) >= 11 is 0. The zero-order valence-corrected chi connectivity index (χ0v) is 8.61. The number of rotatable bonds is 1. The Morgan fingerprint density at radius 1 is 1.31 bits per heavy atom. The first kappa shape index (κ1) is 10.2. The van der Waals surface area contributed by atoms with Crippen LogP contribution in [-0.4, -0.2) is 9.67 Å². The second-order valence-corrected chi connectivity index (χ2v) is 3.44. The van der Waals surface area contributed by atoms with E-state index >= 15 is 0 Å². The van der Waals surface area contributed by atoms with E-state index in [9.17, 15) is 4.39 Å². The molecule has 0 atom stereocenters. The monoisotopic (exact) mass is 216 g/mol. The molecule has 1 aromatic heterocycles. The standard InChI is InChI=1S/C12H9FN2O/c1-15-9(7-14)3-4-11(15)8-2-5-12(16)10(13)6-8/h2-6,16H,1H3.